The van der Waals surface area contributed by atoms with Gasteiger partial charge in [-0.3, -0.25) is 4.90 Å². The Morgan fingerprint density at radius 3 is 2.22 bits per heavy atom. The Balaban J connectivity index is 2.21. The van der Waals surface area contributed by atoms with Crippen LogP contribution in [0.1, 0.15) is 24.4 Å². The van der Waals surface area contributed by atoms with Crippen LogP contribution in [0.25, 0.3) is 0 Å². The monoisotopic (exact) mass is 350 g/mol. The quantitative estimate of drug-likeness (QED) is 0.886. The minimum Gasteiger partial charge on any atom is -0.314 e. The molecule has 1 aromatic carbocycles. The van der Waals surface area contributed by atoms with Gasteiger partial charge in [-0.2, -0.15) is 13.2 Å². The minimum absolute atomic E-state index is 0.0261. The normalized spacial score (nSPS) is 18.8. The fraction of sp³-hybridized carbons (Fsp3) is 0.600. The van der Waals surface area contributed by atoms with Crippen LogP contribution in [0.4, 0.5) is 13.2 Å². The number of alkyl halides is 3. The number of nitrogens with zero attached hydrogens (tertiary/aromatic N) is 1. The van der Waals surface area contributed by atoms with Crippen LogP contribution in [0.5, 0.6) is 0 Å². The molecule has 1 fully saturated rings. The summed E-state index contributed by atoms with van der Waals surface area (Å²) in [6, 6.07) is 5.83. The van der Waals surface area contributed by atoms with Crippen molar-refractivity contribution in [1.82, 2.24) is 10.2 Å². The van der Waals surface area contributed by atoms with Crippen molar-refractivity contribution in [2.45, 2.75) is 30.0 Å². The predicted octanol–water partition coefficient (Wildman–Crippen LogP) is 2.38. The zero-order chi connectivity index (χ0) is 17.1. The molecule has 4 nitrogen and oxygen atoms in total. The summed E-state index contributed by atoms with van der Waals surface area (Å²) < 4.78 is 60.8. The van der Waals surface area contributed by atoms with E-state index < -0.39 is 22.4 Å². The fourth-order valence-corrected chi connectivity index (χ4v) is 3.42. The third-order valence-electron chi connectivity index (χ3n) is 3.99. The van der Waals surface area contributed by atoms with Gasteiger partial charge in [-0.15, -0.1) is 0 Å². The van der Waals surface area contributed by atoms with Crippen molar-refractivity contribution < 1.29 is 21.6 Å². The predicted molar refractivity (Wildman–Crippen MR) is 82.0 cm³/mol. The van der Waals surface area contributed by atoms with Crippen LogP contribution in [0.2, 0.25) is 0 Å². The lowest BCUT2D eigenvalue weighted by Crippen LogP contribution is -2.45. The van der Waals surface area contributed by atoms with Gasteiger partial charge in [-0.1, -0.05) is 12.1 Å². The van der Waals surface area contributed by atoms with E-state index in [2.05, 4.69) is 5.32 Å². The summed E-state index contributed by atoms with van der Waals surface area (Å²) in [6.45, 7) is 2.83. The van der Waals surface area contributed by atoms with E-state index in [9.17, 15) is 21.6 Å². The Labute approximate surface area is 134 Å². The number of sulfone groups is 1. The van der Waals surface area contributed by atoms with Gasteiger partial charge in [0.15, 0.2) is 9.84 Å². The number of halogens is 3. The summed E-state index contributed by atoms with van der Waals surface area (Å²) in [5.41, 5.74) is 0.726. The molecule has 1 aliphatic heterocycles. The summed E-state index contributed by atoms with van der Waals surface area (Å²) >= 11 is 0. The molecule has 0 saturated carbocycles. The Kier molecular flexibility index (Phi) is 5.70. The third kappa shape index (κ3) is 5.47. The summed E-state index contributed by atoms with van der Waals surface area (Å²) in [5.74, 6) is 0. The summed E-state index contributed by atoms with van der Waals surface area (Å²) in [6.07, 6.45) is -3.96. The first kappa shape index (κ1) is 18.2. The Hall–Kier alpha value is -1.12. The van der Waals surface area contributed by atoms with Crippen molar-refractivity contribution in [3.8, 4) is 0 Å². The number of rotatable bonds is 5. The Morgan fingerprint density at radius 2 is 1.74 bits per heavy atom. The van der Waals surface area contributed by atoms with Crippen LogP contribution in [-0.4, -0.2) is 51.9 Å². The highest BCUT2D eigenvalue weighted by atomic mass is 32.2. The van der Waals surface area contributed by atoms with Crippen molar-refractivity contribution in [2.24, 2.45) is 0 Å². The topological polar surface area (TPSA) is 49.4 Å². The zero-order valence-electron chi connectivity index (χ0n) is 12.9. The number of piperazine rings is 1. The van der Waals surface area contributed by atoms with Crippen molar-refractivity contribution in [3.05, 3.63) is 29.8 Å². The number of nitrogens with one attached hydrogen (secondary N) is 1. The highest BCUT2D eigenvalue weighted by Crippen LogP contribution is 2.32. The molecule has 0 aromatic heterocycles. The molecule has 0 spiro atoms. The first-order chi connectivity index (χ1) is 10.7. The molecular formula is C15H21F3N2O2S. The molecule has 2 rings (SSSR count). The van der Waals surface area contributed by atoms with E-state index in [-0.39, 0.29) is 17.4 Å². The molecule has 1 N–H and O–H groups in total. The maximum Gasteiger partial charge on any atom is 0.389 e. The maximum absolute atomic E-state index is 12.6. The smallest absolute Gasteiger partial charge is 0.314 e. The molecule has 0 aliphatic carbocycles. The number of hydrogen-bond acceptors (Lipinski definition) is 4. The van der Waals surface area contributed by atoms with Crippen LogP contribution >= 0.6 is 0 Å². The van der Waals surface area contributed by atoms with E-state index in [0.29, 0.717) is 13.1 Å². The van der Waals surface area contributed by atoms with E-state index in [4.69, 9.17) is 0 Å². The van der Waals surface area contributed by atoms with Crippen LogP contribution in [0, 0.1) is 0 Å². The summed E-state index contributed by atoms with van der Waals surface area (Å²) in [5, 5.41) is 3.18. The number of benzene rings is 1. The molecule has 0 unspecified atom stereocenters. The SMILES string of the molecule is CS(=O)(=O)c1ccc([C@@H](CCC(F)(F)F)N2CCNCC2)cc1. The zero-order valence-corrected chi connectivity index (χ0v) is 13.8. The second-order valence-electron chi connectivity index (χ2n) is 5.80. The molecule has 1 heterocycles. The molecule has 23 heavy (non-hydrogen) atoms. The molecule has 0 bridgehead atoms. The van der Waals surface area contributed by atoms with E-state index in [0.717, 1.165) is 24.9 Å². The van der Waals surface area contributed by atoms with Gasteiger partial charge in [0.1, 0.15) is 0 Å². The van der Waals surface area contributed by atoms with Gasteiger partial charge in [0.2, 0.25) is 0 Å². The van der Waals surface area contributed by atoms with Gasteiger partial charge in [0.25, 0.3) is 0 Å². The van der Waals surface area contributed by atoms with E-state index in [1.54, 1.807) is 12.1 Å². The van der Waals surface area contributed by atoms with Gasteiger partial charge in [-0.25, -0.2) is 8.42 Å². The van der Waals surface area contributed by atoms with Gasteiger partial charge in [0.05, 0.1) is 4.90 Å². The van der Waals surface area contributed by atoms with Crippen LogP contribution < -0.4 is 5.32 Å². The van der Waals surface area contributed by atoms with Crippen LogP contribution in [0.15, 0.2) is 29.2 Å². The standard InChI is InChI=1S/C15H21F3N2O2S/c1-23(21,22)13-4-2-12(3-5-13)14(6-7-15(16,17)18)20-10-8-19-9-11-20/h2-5,14,19H,6-11H2,1H3/t14-/m1/s1. The van der Waals surface area contributed by atoms with Crippen LogP contribution in [0.3, 0.4) is 0 Å². The van der Waals surface area contributed by atoms with Crippen molar-refractivity contribution in [3.63, 3.8) is 0 Å². The molecular weight excluding hydrogens is 329 g/mol. The van der Waals surface area contributed by atoms with E-state index in [1.807, 2.05) is 4.90 Å². The molecule has 1 aliphatic rings. The second kappa shape index (κ2) is 7.19. The fourth-order valence-electron chi connectivity index (χ4n) is 2.79. The molecule has 1 atom stereocenters. The highest BCUT2D eigenvalue weighted by molar-refractivity contribution is 7.90. The van der Waals surface area contributed by atoms with E-state index >= 15 is 0 Å². The first-order valence-corrected chi connectivity index (χ1v) is 9.37. The van der Waals surface area contributed by atoms with E-state index in [1.165, 1.54) is 12.1 Å². The molecule has 1 aromatic rings. The Bertz CT molecular complexity index is 609. The van der Waals surface area contributed by atoms with Crippen LogP contribution in [-0.2, 0) is 9.84 Å². The molecule has 130 valence electrons. The molecule has 0 radical (unpaired) electrons. The Morgan fingerprint density at radius 1 is 1.17 bits per heavy atom. The molecule has 0 amide bonds. The largest absolute Gasteiger partial charge is 0.389 e. The maximum atomic E-state index is 12.6. The molecule has 1 saturated heterocycles. The summed E-state index contributed by atoms with van der Waals surface area (Å²) in [4.78, 5) is 2.20. The summed E-state index contributed by atoms with van der Waals surface area (Å²) in [7, 11) is -3.31. The van der Waals surface area contributed by atoms with Gasteiger partial charge in [-0.05, 0) is 24.1 Å². The lowest BCUT2D eigenvalue weighted by Gasteiger charge is -2.35. The lowest BCUT2D eigenvalue weighted by molar-refractivity contribution is -0.138. The van der Waals surface area contributed by atoms with Crippen molar-refractivity contribution in [2.75, 3.05) is 32.4 Å². The third-order valence-corrected chi connectivity index (χ3v) is 5.12. The average Bonchev–Trinajstić information content (AvgIpc) is 2.47. The minimum atomic E-state index is -4.20. The number of hydrogen-bond donors (Lipinski definition) is 1. The first-order valence-electron chi connectivity index (χ1n) is 7.48. The van der Waals surface area contributed by atoms with Gasteiger partial charge in [0, 0.05) is 44.9 Å². The van der Waals surface area contributed by atoms with Gasteiger partial charge >= 0.3 is 6.18 Å². The van der Waals surface area contributed by atoms with Crippen molar-refractivity contribution in [1.29, 1.82) is 0 Å². The van der Waals surface area contributed by atoms with Crippen molar-refractivity contribution >= 4 is 9.84 Å². The van der Waals surface area contributed by atoms with Gasteiger partial charge < -0.3 is 5.32 Å². The average molecular weight is 350 g/mol. The lowest BCUT2D eigenvalue weighted by atomic mass is 9.99. The second-order valence-corrected chi connectivity index (χ2v) is 7.81. The molecule has 8 heteroatoms. The highest BCUT2D eigenvalue weighted by Gasteiger charge is 2.31.